The summed E-state index contributed by atoms with van der Waals surface area (Å²) < 4.78 is 0. The zero-order valence-corrected chi connectivity index (χ0v) is 24.4. The number of nitrogens with one attached hydrogen (secondary N) is 2. The summed E-state index contributed by atoms with van der Waals surface area (Å²) in [5, 5.41) is 17.3. The molecular weight excluding hydrogens is 556 g/mol. The van der Waals surface area contributed by atoms with Crippen LogP contribution in [0.25, 0.3) is 10.8 Å². The number of fused-ring (bicyclic) bond motifs is 1. The van der Waals surface area contributed by atoms with Crippen LogP contribution in [0, 0.1) is 0 Å². The van der Waals surface area contributed by atoms with Crippen LogP contribution in [0.5, 0.6) is 5.75 Å². The molecular formula is C34H38N6O4. The smallest absolute Gasteiger partial charge is 0.243 e. The van der Waals surface area contributed by atoms with Gasteiger partial charge in [0.2, 0.25) is 17.7 Å². The molecule has 3 amide bonds. The first-order valence-corrected chi connectivity index (χ1v) is 14.5. The van der Waals surface area contributed by atoms with Crippen LogP contribution < -0.4 is 27.8 Å². The molecule has 1 unspecified atom stereocenters. The third-order valence-corrected chi connectivity index (χ3v) is 7.42. The molecule has 0 bridgehead atoms. The SMILES string of the molecule is NC(=O)[C@H](Cc1ccc(O)cc1)NC(=O)[C@@H](CCCN=C(N)N)NC(=O)CC(c1ccccc1)c1cccc2ccccc12. The number of aromatic hydroxyl groups is 1. The standard InChI is InChI=1S/C34H38N6O4/c35-32(43)30(20-22-15-17-25(41)18-16-22)40-33(44)29(14-7-19-38-34(36)37)39-31(42)21-28(24-8-2-1-3-9-24)27-13-6-11-23-10-4-5-12-26(23)27/h1-6,8-13,15-18,28-30,41H,7,14,19-21H2,(H2,35,43)(H,39,42)(H,40,44)(H4,36,37,38)/t28?,29-,30+/m1/s1. The molecule has 4 aromatic rings. The van der Waals surface area contributed by atoms with E-state index in [1.165, 1.54) is 12.1 Å². The quantitative estimate of drug-likeness (QED) is 0.0740. The van der Waals surface area contributed by atoms with E-state index in [9.17, 15) is 19.5 Å². The summed E-state index contributed by atoms with van der Waals surface area (Å²) in [6.45, 7) is 0.261. The number of aliphatic imine (C=N–C) groups is 1. The average molecular weight is 595 g/mol. The van der Waals surface area contributed by atoms with Gasteiger partial charge in [-0.25, -0.2) is 0 Å². The molecule has 4 aromatic carbocycles. The van der Waals surface area contributed by atoms with Crippen LogP contribution in [0.1, 0.15) is 41.9 Å². The van der Waals surface area contributed by atoms with Gasteiger partial charge in [0.25, 0.3) is 0 Å². The number of amides is 3. The highest BCUT2D eigenvalue weighted by molar-refractivity contribution is 5.92. The number of phenols is 1. The van der Waals surface area contributed by atoms with E-state index in [2.05, 4.69) is 15.6 Å². The molecule has 10 nitrogen and oxygen atoms in total. The van der Waals surface area contributed by atoms with Crippen LogP contribution in [0.2, 0.25) is 0 Å². The van der Waals surface area contributed by atoms with Crippen LogP contribution in [-0.2, 0) is 20.8 Å². The maximum absolute atomic E-state index is 13.7. The summed E-state index contributed by atoms with van der Waals surface area (Å²) in [7, 11) is 0. The van der Waals surface area contributed by atoms with Gasteiger partial charge in [-0.15, -0.1) is 0 Å². The van der Waals surface area contributed by atoms with Crippen molar-refractivity contribution in [3.8, 4) is 5.75 Å². The zero-order chi connectivity index (χ0) is 31.5. The first-order chi connectivity index (χ1) is 21.2. The molecule has 228 valence electrons. The number of carbonyl (C=O) groups is 3. The Bertz CT molecular complexity index is 1600. The van der Waals surface area contributed by atoms with E-state index in [4.69, 9.17) is 17.2 Å². The fourth-order valence-corrected chi connectivity index (χ4v) is 5.22. The van der Waals surface area contributed by atoms with Gasteiger partial charge in [-0.2, -0.15) is 0 Å². The summed E-state index contributed by atoms with van der Waals surface area (Å²) >= 11 is 0. The Kier molecular flexibility index (Phi) is 10.9. The molecule has 0 aliphatic rings. The molecule has 0 fully saturated rings. The van der Waals surface area contributed by atoms with E-state index in [1.807, 2.05) is 72.8 Å². The van der Waals surface area contributed by atoms with E-state index in [0.29, 0.717) is 12.0 Å². The van der Waals surface area contributed by atoms with Gasteiger partial charge in [-0.05, 0) is 52.4 Å². The Hall–Kier alpha value is -5.38. The minimum Gasteiger partial charge on any atom is -0.508 e. The summed E-state index contributed by atoms with van der Waals surface area (Å²) in [6, 6.07) is 28.1. The topological polar surface area (TPSA) is 186 Å². The van der Waals surface area contributed by atoms with Crippen molar-refractivity contribution in [3.05, 3.63) is 114 Å². The van der Waals surface area contributed by atoms with Crippen molar-refractivity contribution in [1.82, 2.24) is 10.6 Å². The number of nitrogens with two attached hydrogens (primary N) is 3. The van der Waals surface area contributed by atoms with Gasteiger partial charge in [0, 0.05) is 25.3 Å². The van der Waals surface area contributed by atoms with Gasteiger partial charge in [-0.1, -0.05) is 84.9 Å². The first kappa shape index (κ1) is 31.6. The van der Waals surface area contributed by atoms with Crippen LogP contribution in [-0.4, -0.2) is 47.4 Å². The van der Waals surface area contributed by atoms with Gasteiger partial charge < -0.3 is 32.9 Å². The first-order valence-electron chi connectivity index (χ1n) is 14.5. The number of phenolic OH excluding ortho intramolecular Hbond substituents is 1. The van der Waals surface area contributed by atoms with Gasteiger partial charge in [-0.3, -0.25) is 19.4 Å². The zero-order valence-electron chi connectivity index (χ0n) is 24.4. The predicted octanol–water partition coefficient (Wildman–Crippen LogP) is 2.82. The molecule has 0 aliphatic heterocycles. The van der Waals surface area contributed by atoms with Crippen LogP contribution in [0.15, 0.2) is 102 Å². The molecule has 0 saturated heterocycles. The number of benzene rings is 4. The lowest BCUT2D eigenvalue weighted by molar-refractivity contribution is -0.131. The molecule has 0 aromatic heterocycles. The van der Waals surface area contributed by atoms with Crippen molar-refractivity contribution in [2.75, 3.05) is 6.54 Å². The number of primary amides is 1. The largest absolute Gasteiger partial charge is 0.508 e. The fraction of sp³-hybridized carbons (Fsp3) is 0.235. The summed E-state index contributed by atoms with van der Waals surface area (Å²) in [5.74, 6) is -1.87. The number of carbonyl (C=O) groups excluding carboxylic acids is 3. The Morgan fingerprint density at radius 3 is 2.16 bits per heavy atom. The number of nitrogens with zero attached hydrogens (tertiary/aromatic N) is 1. The van der Waals surface area contributed by atoms with Crippen molar-refractivity contribution in [2.24, 2.45) is 22.2 Å². The van der Waals surface area contributed by atoms with Gasteiger partial charge >= 0.3 is 0 Å². The Morgan fingerprint density at radius 2 is 1.45 bits per heavy atom. The second-order valence-corrected chi connectivity index (χ2v) is 10.6. The third-order valence-electron chi connectivity index (χ3n) is 7.42. The Balaban J connectivity index is 1.55. The van der Waals surface area contributed by atoms with Crippen molar-refractivity contribution in [1.29, 1.82) is 0 Å². The van der Waals surface area contributed by atoms with E-state index in [1.54, 1.807) is 12.1 Å². The van der Waals surface area contributed by atoms with Gasteiger partial charge in [0.15, 0.2) is 5.96 Å². The Labute approximate surface area is 256 Å². The normalized spacial score (nSPS) is 12.9. The lowest BCUT2D eigenvalue weighted by Gasteiger charge is -2.24. The lowest BCUT2D eigenvalue weighted by atomic mass is 9.85. The fourth-order valence-electron chi connectivity index (χ4n) is 5.22. The number of hydrogen-bond donors (Lipinski definition) is 6. The lowest BCUT2D eigenvalue weighted by Crippen LogP contribution is -2.53. The van der Waals surface area contributed by atoms with Crippen LogP contribution >= 0.6 is 0 Å². The van der Waals surface area contributed by atoms with Crippen LogP contribution in [0.4, 0.5) is 0 Å². The average Bonchev–Trinajstić information content (AvgIpc) is 3.02. The molecule has 0 heterocycles. The van der Waals surface area contributed by atoms with Crippen molar-refractivity contribution in [3.63, 3.8) is 0 Å². The summed E-state index contributed by atoms with van der Waals surface area (Å²) in [4.78, 5) is 43.4. The number of rotatable bonds is 14. The van der Waals surface area contributed by atoms with E-state index < -0.39 is 23.9 Å². The van der Waals surface area contributed by atoms with Crippen molar-refractivity contribution >= 4 is 34.5 Å². The molecule has 0 saturated carbocycles. The maximum Gasteiger partial charge on any atom is 0.243 e. The molecule has 44 heavy (non-hydrogen) atoms. The minimum atomic E-state index is -1.03. The molecule has 0 aliphatic carbocycles. The molecule has 4 rings (SSSR count). The minimum absolute atomic E-state index is 0.0708. The van der Waals surface area contributed by atoms with Crippen molar-refractivity contribution < 1.29 is 19.5 Å². The maximum atomic E-state index is 13.7. The number of hydrogen-bond acceptors (Lipinski definition) is 5. The predicted molar refractivity (Wildman–Crippen MR) is 172 cm³/mol. The van der Waals surface area contributed by atoms with Crippen LogP contribution in [0.3, 0.4) is 0 Å². The number of guanidine groups is 1. The molecule has 0 radical (unpaired) electrons. The molecule has 3 atom stereocenters. The monoisotopic (exact) mass is 594 g/mol. The van der Waals surface area contributed by atoms with Crippen molar-refractivity contribution in [2.45, 2.75) is 43.7 Å². The highest BCUT2D eigenvalue weighted by Crippen LogP contribution is 2.33. The highest BCUT2D eigenvalue weighted by atomic mass is 16.3. The summed E-state index contributed by atoms with van der Waals surface area (Å²) in [5.41, 5.74) is 19.2. The van der Waals surface area contributed by atoms with E-state index in [0.717, 1.165) is 21.9 Å². The van der Waals surface area contributed by atoms with E-state index in [-0.39, 0.29) is 49.3 Å². The third kappa shape index (κ3) is 8.81. The summed E-state index contributed by atoms with van der Waals surface area (Å²) in [6.07, 6.45) is 0.833. The highest BCUT2D eigenvalue weighted by Gasteiger charge is 2.27. The molecule has 9 N–H and O–H groups in total. The molecule has 10 heteroatoms. The molecule has 0 spiro atoms. The van der Waals surface area contributed by atoms with Gasteiger partial charge in [0.1, 0.15) is 17.8 Å². The second-order valence-electron chi connectivity index (χ2n) is 10.6. The Morgan fingerprint density at radius 1 is 0.773 bits per heavy atom. The van der Waals surface area contributed by atoms with Gasteiger partial charge in [0.05, 0.1) is 0 Å². The second kappa shape index (κ2) is 15.2. The van der Waals surface area contributed by atoms with E-state index >= 15 is 0 Å².